The van der Waals surface area contributed by atoms with Gasteiger partial charge in [0, 0.05) is 25.9 Å². The van der Waals surface area contributed by atoms with E-state index in [2.05, 4.69) is 11.4 Å². The number of benzene rings is 2. The molecular formula is C27H35N3O7S. The highest BCUT2D eigenvalue weighted by molar-refractivity contribution is 7.89. The van der Waals surface area contributed by atoms with E-state index in [0.29, 0.717) is 44.6 Å². The van der Waals surface area contributed by atoms with Crippen molar-refractivity contribution in [2.24, 2.45) is 0 Å². The third kappa shape index (κ3) is 8.70. The number of amides is 1. The van der Waals surface area contributed by atoms with Crippen molar-refractivity contribution in [1.29, 1.82) is 5.26 Å². The predicted molar refractivity (Wildman–Crippen MR) is 140 cm³/mol. The lowest BCUT2D eigenvalue weighted by Crippen LogP contribution is -2.51. The van der Waals surface area contributed by atoms with Crippen LogP contribution in [0.4, 0.5) is 4.79 Å². The molecule has 10 nitrogen and oxygen atoms in total. The highest BCUT2D eigenvalue weighted by Crippen LogP contribution is 2.21. The van der Waals surface area contributed by atoms with Crippen molar-refractivity contribution in [3.8, 4) is 11.8 Å². The molecule has 2 aromatic carbocycles. The van der Waals surface area contributed by atoms with Gasteiger partial charge in [0.25, 0.3) is 0 Å². The molecule has 1 aliphatic heterocycles. The molecule has 1 amide bonds. The molecule has 3 atom stereocenters. The number of nitrogens with zero attached hydrogens (tertiary/aromatic N) is 2. The molecule has 2 aromatic rings. The molecule has 3 rings (SSSR count). The van der Waals surface area contributed by atoms with Crippen LogP contribution in [0, 0.1) is 11.3 Å². The molecule has 0 aliphatic carbocycles. The minimum absolute atomic E-state index is 0.0546. The maximum Gasteiger partial charge on any atom is 0.407 e. The maximum absolute atomic E-state index is 13.5. The number of sulfonamides is 1. The number of carbonyl (C=O) groups excluding carboxylic acids is 1. The van der Waals surface area contributed by atoms with Gasteiger partial charge in [0.2, 0.25) is 10.0 Å². The van der Waals surface area contributed by atoms with Gasteiger partial charge in [-0.2, -0.15) is 9.57 Å². The summed E-state index contributed by atoms with van der Waals surface area (Å²) in [5.74, 6) is 0.517. The van der Waals surface area contributed by atoms with E-state index in [1.165, 1.54) is 23.5 Å². The highest BCUT2D eigenvalue weighted by atomic mass is 32.2. The largest absolute Gasteiger partial charge is 0.497 e. The summed E-state index contributed by atoms with van der Waals surface area (Å²) < 4.78 is 44.1. The van der Waals surface area contributed by atoms with Crippen LogP contribution in [0.3, 0.4) is 0 Å². The van der Waals surface area contributed by atoms with E-state index in [1.807, 2.05) is 30.3 Å². The van der Waals surface area contributed by atoms with Gasteiger partial charge in [-0.15, -0.1) is 0 Å². The Morgan fingerprint density at radius 2 is 1.95 bits per heavy atom. The Bertz CT molecular complexity index is 1150. The summed E-state index contributed by atoms with van der Waals surface area (Å²) in [4.78, 5) is 12.7. The minimum atomic E-state index is -3.99. The molecule has 0 radical (unpaired) electrons. The second kappa shape index (κ2) is 14.7. The number of nitrogens with one attached hydrogen (secondary N) is 1. The molecular weight excluding hydrogens is 510 g/mol. The number of aliphatic hydroxyl groups is 1. The highest BCUT2D eigenvalue weighted by Gasteiger charge is 2.31. The maximum atomic E-state index is 13.5. The first-order valence-corrected chi connectivity index (χ1v) is 14.1. The van der Waals surface area contributed by atoms with Crippen molar-refractivity contribution in [3.63, 3.8) is 0 Å². The summed E-state index contributed by atoms with van der Waals surface area (Å²) >= 11 is 0. The van der Waals surface area contributed by atoms with Crippen molar-refractivity contribution in [1.82, 2.24) is 9.62 Å². The van der Waals surface area contributed by atoms with E-state index in [4.69, 9.17) is 19.5 Å². The molecule has 11 heteroatoms. The van der Waals surface area contributed by atoms with Crippen molar-refractivity contribution in [2.75, 3.05) is 33.4 Å². The topological polar surface area (TPSA) is 138 Å². The molecule has 1 unspecified atom stereocenters. The third-order valence-corrected chi connectivity index (χ3v) is 8.14. The van der Waals surface area contributed by atoms with Gasteiger partial charge in [-0.25, -0.2) is 13.2 Å². The SMILES string of the molecule is COc1ccc(S(=O)(=O)N(CCCCC#N)C[C@@H](O)[C@H](Cc2ccccc2)NC(=O)OC2CCOC2)cc1. The van der Waals surface area contributed by atoms with Gasteiger partial charge >= 0.3 is 6.09 Å². The Kier molecular flexibility index (Phi) is 11.4. The number of aliphatic hydroxyl groups excluding tert-OH is 1. The fourth-order valence-corrected chi connectivity index (χ4v) is 5.62. The minimum Gasteiger partial charge on any atom is -0.497 e. The van der Waals surface area contributed by atoms with Crippen LogP contribution in [0.5, 0.6) is 5.75 Å². The number of rotatable bonds is 14. The average Bonchev–Trinajstić information content (AvgIpc) is 3.43. The molecule has 0 spiro atoms. The Hall–Kier alpha value is -3.17. The molecule has 0 aromatic heterocycles. The van der Waals surface area contributed by atoms with Crippen LogP contribution in [0.1, 0.15) is 31.2 Å². The van der Waals surface area contributed by atoms with Gasteiger partial charge < -0.3 is 24.6 Å². The smallest absolute Gasteiger partial charge is 0.407 e. The van der Waals surface area contributed by atoms with E-state index < -0.39 is 28.3 Å². The Labute approximate surface area is 224 Å². The molecule has 2 N–H and O–H groups in total. The van der Waals surface area contributed by atoms with Gasteiger partial charge in [-0.3, -0.25) is 0 Å². The first kappa shape index (κ1) is 29.4. The third-order valence-electron chi connectivity index (χ3n) is 6.26. The molecule has 1 aliphatic rings. The Morgan fingerprint density at radius 1 is 1.21 bits per heavy atom. The summed E-state index contributed by atoms with van der Waals surface area (Å²) in [5, 5.41) is 22.9. The van der Waals surface area contributed by atoms with E-state index in [9.17, 15) is 18.3 Å². The summed E-state index contributed by atoms with van der Waals surface area (Å²) in [6.45, 7) is 0.675. The fourth-order valence-electron chi connectivity index (χ4n) is 4.13. The van der Waals surface area contributed by atoms with Crippen molar-refractivity contribution in [3.05, 3.63) is 60.2 Å². The average molecular weight is 546 g/mol. The zero-order chi connectivity index (χ0) is 27.4. The summed E-state index contributed by atoms with van der Waals surface area (Å²) in [5.41, 5.74) is 0.861. The van der Waals surface area contributed by atoms with E-state index in [1.54, 1.807) is 12.1 Å². The summed E-state index contributed by atoms with van der Waals surface area (Å²) in [7, 11) is -2.50. The van der Waals surface area contributed by atoms with E-state index in [-0.39, 0.29) is 30.5 Å². The van der Waals surface area contributed by atoms with Crippen LogP contribution in [0.2, 0.25) is 0 Å². The van der Waals surface area contributed by atoms with E-state index in [0.717, 1.165) is 5.56 Å². The molecule has 1 heterocycles. The number of alkyl carbamates (subject to hydrolysis) is 1. The van der Waals surface area contributed by atoms with Crippen molar-refractivity contribution in [2.45, 2.75) is 55.2 Å². The fraction of sp³-hybridized carbons (Fsp3) is 0.481. The van der Waals surface area contributed by atoms with Gasteiger partial charge in [0.15, 0.2) is 0 Å². The van der Waals surface area contributed by atoms with Crippen LogP contribution in [-0.2, 0) is 25.9 Å². The zero-order valence-electron chi connectivity index (χ0n) is 21.5. The number of nitriles is 1. The molecule has 0 saturated carbocycles. The molecule has 1 fully saturated rings. The van der Waals surface area contributed by atoms with Crippen molar-refractivity contribution >= 4 is 16.1 Å². The Morgan fingerprint density at radius 3 is 2.58 bits per heavy atom. The second-order valence-electron chi connectivity index (χ2n) is 9.05. The monoisotopic (exact) mass is 545 g/mol. The number of carbonyl (C=O) groups is 1. The Balaban J connectivity index is 1.80. The quantitative estimate of drug-likeness (QED) is 0.346. The van der Waals surface area contributed by atoms with Crippen LogP contribution in [0.15, 0.2) is 59.5 Å². The van der Waals surface area contributed by atoms with Crippen LogP contribution >= 0.6 is 0 Å². The van der Waals surface area contributed by atoms with Gasteiger partial charge in [-0.05, 0) is 49.1 Å². The number of hydrogen-bond acceptors (Lipinski definition) is 8. The molecule has 1 saturated heterocycles. The lowest BCUT2D eigenvalue weighted by molar-refractivity contribution is 0.0649. The number of ether oxygens (including phenoxy) is 3. The first-order valence-electron chi connectivity index (χ1n) is 12.6. The normalized spacial score (nSPS) is 16.9. The lowest BCUT2D eigenvalue weighted by atomic mass is 10.0. The molecule has 38 heavy (non-hydrogen) atoms. The van der Waals surface area contributed by atoms with Crippen LogP contribution < -0.4 is 10.1 Å². The van der Waals surface area contributed by atoms with E-state index >= 15 is 0 Å². The molecule has 0 bridgehead atoms. The molecule has 206 valence electrons. The summed E-state index contributed by atoms with van der Waals surface area (Å²) in [6.07, 6.45) is -0.187. The van der Waals surface area contributed by atoms with Gasteiger partial charge in [-0.1, -0.05) is 30.3 Å². The number of unbranched alkanes of at least 4 members (excludes halogenated alkanes) is 2. The van der Waals surface area contributed by atoms with Crippen LogP contribution in [0.25, 0.3) is 0 Å². The van der Waals surface area contributed by atoms with Gasteiger partial charge in [0.05, 0.1) is 43.4 Å². The second-order valence-corrected chi connectivity index (χ2v) is 11.0. The van der Waals surface area contributed by atoms with Crippen LogP contribution in [-0.4, -0.2) is 75.6 Å². The zero-order valence-corrected chi connectivity index (χ0v) is 22.3. The number of methoxy groups -OCH3 is 1. The predicted octanol–water partition coefficient (Wildman–Crippen LogP) is 2.87. The lowest BCUT2D eigenvalue weighted by Gasteiger charge is -2.30. The van der Waals surface area contributed by atoms with Crippen molar-refractivity contribution < 1.29 is 32.5 Å². The van der Waals surface area contributed by atoms with Gasteiger partial charge in [0.1, 0.15) is 11.9 Å². The standard InChI is InChI=1S/C27H35N3O7S/c1-35-22-10-12-24(13-11-22)38(33,34)30(16-7-3-6-15-28)19-26(31)25(18-21-8-4-2-5-9-21)29-27(32)37-23-14-17-36-20-23/h2,4-5,8-13,23,25-26,31H,3,6-7,14,16-20H2,1H3,(H,29,32)/t23?,25-,26+/m0/s1. The summed E-state index contributed by atoms with van der Waals surface area (Å²) in [6, 6.07) is 16.5. The first-order chi connectivity index (χ1) is 18.3. The number of hydrogen-bond donors (Lipinski definition) is 2.